The lowest BCUT2D eigenvalue weighted by molar-refractivity contribution is -0.384. The number of hydrogen-bond donors (Lipinski definition) is 1. The number of nitro benzene ring substituents is 1. The molecule has 8 nitrogen and oxygen atoms in total. The predicted octanol–water partition coefficient (Wildman–Crippen LogP) is 2.43. The number of hydrazone groups is 1. The summed E-state index contributed by atoms with van der Waals surface area (Å²) in [5.41, 5.74) is 3.77. The van der Waals surface area contributed by atoms with E-state index in [1.165, 1.54) is 12.3 Å². The van der Waals surface area contributed by atoms with Crippen LogP contribution in [0.2, 0.25) is 0 Å². The van der Waals surface area contributed by atoms with E-state index in [2.05, 4.69) is 10.5 Å². The Labute approximate surface area is 144 Å². The zero-order chi connectivity index (χ0) is 18.4. The Morgan fingerprint density at radius 3 is 2.48 bits per heavy atom. The largest absolute Gasteiger partial charge is 0.497 e. The van der Waals surface area contributed by atoms with Gasteiger partial charge in [-0.15, -0.1) is 0 Å². The summed E-state index contributed by atoms with van der Waals surface area (Å²) in [6.45, 7) is 0. The van der Waals surface area contributed by atoms with Gasteiger partial charge in [0.2, 0.25) is 0 Å². The summed E-state index contributed by atoms with van der Waals surface area (Å²) in [4.78, 5) is 24.3. The molecule has 0 unspecified atom stereocenters. The van der Waals surface area contributed by atoms with Crippen LogP contribution in [-0.4, -0.2) is 38.3 Å². The smallest absolute Gasteiger partial charge is 0.293 e. The molecule has 0 saturated heterocycles. The third kappa shape index (κ3) is 4.54. The van der Waals surface area contributed by atoms with Gasteiger partial charge in [-0.3, -0.25) is 14.9 Å². The van der Waals surface area contributed by atoms with Crippen molar-refractivity contribution in [2.75, 3.05) is 26.1 Å². The minimum atomic E-state index is -0.456. The second-order valence-electron chi connectivity index (χ2n) is 5.33. The maximum absolute atomic E-state index is 12.0. The standard InChI is InChI=1S/C17H18N4O4/c1-20(2)15-9-4-12(10-16(15)21(23)24)11-18-19-17(22)13-5-7-14(25-3)8-6-13/h4-11H,1-3H3,(H,19,22). The third-order valence-corrected chi connectivity index (χ3v) is 3.41. The van der Waals surface area contributed by atoms with E-state index in [-0.39, 0.29) is 5.69 Å². The van der Waals surface area contributed by atoms with Crippen LogP contribution in [0, 0.1) is 10.1 Å². The predicted molar refractivity (Wildman–Crippen MR) is 95.5 cm³/mol. The number of hydrogen-bond acceptors (Lipinski definition) is 6. The number of ether oxygens (including phenoxy) is 1. The lowest BCUT2D eigenvalue weighted by Gasteiger charge is -2.12. The minimum Gasteiger partial charge on any atom is -0.497 e. The van der Waals surface area contributed by atoms with Crippen LogP contribution in [0.15, 0.2) is 47.6 Å². The molecule has 0 saturated carbocycles. The van der Waals surface area contributed by atoms with Gasteiger partial charge in [0.25, 0.3) is 11.6 Å². The first kappa shape index (κ1) is 17.9. The van der Waals surface area contributed by atoms with Crippen molar-refractivity contribution in [3.05, 3.63) is 63.7 Å². The first-order valence-electron chi connectivity index (χ1n) is 7.35. The number of amides is 1. The molecule has 0 atom stereocenters. The highest BCUT2D eigenvalue weighted by Gasteiger charge is 2.15. The van der Waals surface area contributed by atoms with Crippen molar-refractivity contribution in [1.29, 1.82) is 0 Å². The summed E-state index contributed by atoms with van der Waals surface area (Å²) < 4.78 is 5.03. The van der Waals surface area contributed by atoms with Crippen LogP contribution in [0.5, 0.6) is 5.75 Å². The normalized spacial score (nSPS) is 10.5. The molecule has 1 amide bonds. The van der Waals surface area contributed by atoms with E-state index < -0.39 is 10.8 Å². The molecule has 8 heteroatoms. The molecule has 0 aromatic heterocycles. The molecular weight excluding hydrogens is 324 g/mol. The van der Waals surface area contributed by atoms with Crippen LogP contribution in [-0.2, 0) is 0 Å². The molecular formula is C17H18N4O4. The van der Waals surface area contributed by atoms with Crippen molar-refractivity contribution in [2.45, 2.75) is 0 Å². The zero-order valence-corrected chi connectivity index (χ0v) is 14.1. The Morgan fingerprint density at radius 1 is 1.24 bits per heavy atom. The van der Waals surface area contributed by atoms with Crippen molar-refractivity contribution in [2.24, 2.45) is 5.10 Å². The van der Waals surface area contributed by atoms with E-state index >= 15 is 0 Å². The Bertz CT molecular complexity index is 801. The van der Waals surface area contributed by atoms with E-state index in [1.54, 1.807) is 62.5 Å². The maximum atomic E-state index is 12.0. The number of carbonyl (C=O) groups is 1. The molecule has 0 aliphatic rings. The zero-order valence-electron chi connectivity index (χ0n) is 14.1. The summed E-state index contributed by atoms with van der Waals surface area (Å²) in [6.07, 6.45) is 1.36. The van der Waals surface area contributed by atoms with Gasteiger partial charge in [0.15, 0.2) is 0 Å². The van der Waals surface area contributed by atoms with Crippen LogP contribution in [0.1, 0.15) is 15.9 Å². The Morgan fingerprint density at radius 2 is 1.92 bits per heavy atom. The molecule has 0 aliphatic carbocycles. The maximum Gasteiger partial charge on any atom is 0.293 e. The SMILES string of the molecule is COc1ccc(C(=O)NN=Cc2ccc(N(C)C)c([N+](=O)[O-])c2)cc1. The number of carbonyl (C=O) groups excluding carboxylic acids is 1. The molecule has 0 heterocycles. The fraction of sp³-hybridized carbons (Fsp3) is 0.176. The van der Waals surface area contributed by atoms with E-state index in [9.17, 15) is 14.9 Å². The summed E-state index contributed by atoms with van der Waals surface area (Å²) >= 11 is 0. The van der Waals surface area contributed by atoms with E-state index in [0.29, 0.717) is 22.6 Å². The average Bonchev–Trinajstić information content (AvgIpc) is 2.61. The van der Waals surface area contributed by atoms with Crippen LogP contribution in [0.4, 0.5) is 11.4 Å². The van der Waals surface area contributed by atoms with Crippen molar-refractivity contribution >= 4 is 23.5 Å². The monoisotopic (exact) mass is 342 g/mol. The van der Waals surface area contributed by atoms with Gasteiger partial charge in [0.1, 0.15) is 11.4 Å². The quantitative estimate of drug-likeness (QED) is 0.494. The van der Waals surface area contributed by atoms with Gasteiger partial charge < -0.3 is 9.64 Å². The number of anilines is 1. The number of nitro groups is 1. The van der Waals surface area contributed by atoms with E-state index in [1.807, 2.05) is 0 Å². The second kappa shape index (κ2) is 7.91. The highest BCUT2D eigenvalue weighted by Crippen LogP contribution is 2.27. The van der Waals surface area contributed by atoms with Crippen LogP contribution >= 0.6 is 0 Å². The number of methoxy groups -OCH3 is 1. The van der Waals surface area contributed by atoms with Crippen molar-refractivity contribution in [3.63, 3.8) is 0 Å². The Balaban J connectivity index is 2.09. The van der Waals surface area contributed by atoms with E-state index in [4.69, 9.17) is 4.74 Å². The van der Waals surface area contributed by atoms with Crippen LogP contribution < -0.4 is 15.1 Å². The highest BCUT2D eigenvalue weighted by molar-refractivity contribution is 5.95. The Hall–Kier alpha value is -3.42. The molecule has 0 radical (unpaired) electrons. The van der Waals surface area contributed by atoms with Gasteiger partial charge in [-0.1, -0.05) is 6.07 Å². The summed E-state index contributed by atoms with van der Waals surface area (Å²) in [7, 11) is 5.00. The summed E-state index contributed by atoms with van der Waals surface area (Å²) in [5.74, 6) is 0.256. The fourth-order valence-corrected chi connectivity index (χ4v) is 2.12. The molecule has 130 valence electrons. The minimum absolute atomic E-state index is 0.0320. The number of nitrogens with one attached hydrogen (secondary N) is 1. The molecule has 1 N–H and O–H groups in total. The van der Waals surface area contributed by atoms with Gasteiger partial charge in [0, 0.05) is 31.3 Å². The van der Waals surface area contributed by atoms with Gasteiger partial charge in [-0.25, -0.2) is 5.43 Å². The Kier molecular flexibility index (Phi) is 5.67. The highest BCUT2D eigenvalue weighted by atomic mass is 16.6. The summed E-state index contributed by atoms with van der Waals surface area (Å²) in [5, 5.41) is 15.0. The molecule has 2 rings (SSSR count). The first-order valence-corrected chi connectivity index (χ1v) is 7.35. The molecule has 0 fully saturated rings. The molecule has 0 aliphatic heterocycles. The third-order valence-electron chi connectivity index (χ3n) is 3.41. The topological polar surface area (TPSA) is 97.1 Å². The number of rotatable bonds is 6. The van der Waals surface area contributed by atoms with Crippen LogP contribution in [0.3, 0.4) is 0 Å². The van der Waals surface area contributed by atoms with Gasteiger partial charge >= 0.3 is 0 Å². The van der Waals surface area contributed by atoms with Crippen molar-refractivity contribution < 1.29 is 14.5 Å². The molecule has 0 bridgehead atoms. The number of nitrogens with zero attached hydrogens (tertiary/aromatic N) is 3. The van der Waals surface area contributed by atoms with Crippen molar-refractivity contribution in [3.8, 4) is 5.75 Å². The first-order chi connectivity index (χ1) is 11.9. The average molecular weight is 342 g/mol. The lowest BCUT2D eigenvalue weighted by Crippen LogP contribution is -2.17. The van der Waals surface area contributed by atoms with Gasteiger partial charge in [-0.05, 0) is 30.3 Å². The lowest BCUT2D eigenvalue weighted by atomic mass is 10.2. The molecule has 25 heavy (non-hydrogen) atoms. The molecule has 0 spiro atoms. The number of benzene rings is 2. The summed E-state index contributed by atoms with van der Waals surface area (Å²) in [6, 6.07) is 11.3. The van der Waals surface area contributed by atoms with Crippen molar-refractivity contribution in [1.82, 2.24) is 5.43 Å². The molecule has 2 aromatic rings. The van der Waals surface area contributed by atoms with Gasteiger partial charge in [0.05, 0.1) is 18.2 Å². The molecule has 2 aromatic carbocycles. The van der Waals surface area contributed by atoms with Gasteiger partial charge in [-0.2, -0.15) is 5.10 Å². The second-order valence-corrected chi connectivity index (χ2v) is 5.33. The van der Waals surface area contributed by atoms with Crippen LogP contribution in [0.25, 0.3) is 0 Å². The fourth-order valence-electron chi connectivity index (χ4n) is 2.12. The van der Waals surface area contributed by atoms with E-state index in [0.717, 1.165) is 0 Å².